The van der Waals surface area contributed by atoms with Gasteiger partial charge in [-0.3, -0.25) is 9.67 Å². The Morgan fingerprint density at radius 1 is 0.824 bits per heavy atom. The Hall–Kier alpha value is -4.25. The highest BCUT2D eigenvalue weighted by molar-refractivity contribution is 5.87. The average molecular weight is 444 g/mol. The molecule has 0 fully saturated rings. The van der Waals surface area contributed by atoms with Gasteiger partial charge in [0.15, 0.2) is 0 Å². The molecule has 3 heterocycles. The molecule has 0 aliphatic heterocycles. The number of benzene rings is 3. The summed E-state index contributed by atoms with van der Waals surface area (Å²) in [6.45, 7) is 2.25. The van der Waals surface area contributed by atoms with Gasteiger partial charge in [0.2, 0.25) is 0 Å². The van der Waals surface area contributed by atoms with Crippen molar-refractivity contribution in [2.24, 2.45) is 7.05 Å². The first-order valence-corrected chi connectivity index (χ1v) is 11.5. The molecule has 3 aromatic heterocycles. The van der Waals surface area contributed by atoms with Crippen LogP contribution in [0.25, 0.3) is 33.1 Å². The molecular formula is C29H25N5. The number of fused-ring (bicyclic) bond motifs is 2. The predicted octanol–water partition coefficient (Wildman–Crippen LogP) is 6.19. The summed E-state index contributed by atoms with van der Waals surface area (Å²) in [6.07, 6.45) is 6.48. The van der Waals surface area contributed by atoms with E-state index in [1.54, 1.807) is 0 Å². The fourth-order valence-electron chi connectivity index (χ4n) is 4.76. The monoisotopic (exact) mass is 443 g/mol. The second-order valence-corrected chi connectivity index (χ2v) is 8.80. The first-order chi connectivity index (χ1) is 16.7. The Bertz CT molecular complexity index is 1600. The van der Waals surface area contributed by atoms with Gasteiger partial charge in [-0.25, -0.2) is 4.98 Å². The number of imidazole rings is 1. The molecule has 5 heteroatoms. The Morgan fingerprint density at radius 2 is 1.59 bits per heavy atom. The van der Waals surface area contributed by atoms with Gasteiger partial charge in [0, 0.05) is 37.4 Å². The van der Waals surface area contributed by atoms with Gasteiger partial charge in [0.05, 0.1) is 22.6 Å². The summed E-state index contributed by atoms with van der Waals surface area (Å²) in [6, 6.07) is 27.9. The molecule has 0 saturated heterocycles. The van der Waals surface area contributed by atoms with Crippen molar-refractivity contribution in [1.82, 2.24) is 24.3 Å². The van der Waals surface area contributed by atoms with Crippen molar-refractivity contribution >= 4 is 21.9 Å². The number of rotatable bonds is 5. The Labute approximate surface area is 198 Å². The van der Waals surface area contributed by atoms with E-state index in [4.69, 9.17) is 4.98 Å². The van der Waals surface area contributed by atoms with Gasteiger partial charge in [-0.1, -0.05) is 48.5 Å². The molecule has 0 saturated carbocycles. The van der Waals surface area contributed by atoms with Crippen molar-refractivity contribution in [3.8, 4) is 11.1 Å². The van der Waals surface area contributed by atoms with E-state index in [0.29, 0.717) is 0 Å². The topological polar surface area (TPSA) is 48.5 Å². The zero-order valence-electron chi connectivity index (χ0n) is 19.3. The molecule has 1 atom stereocenters. The molecule has 0 spiro atoms. The molecule has 6 aromatic rings. The quantitative estimate of drug-likeness (QED) is 0.319. The number of hydrogen-bond acceptors (Lipinski definition) is 3. The molecule has 0 aliphatic carbocycles. The molecule has 0 N–H and O–H groups in total. The fraction of sp³-hybridized carbons (Fsp3) is 0.138. The number of hydrogen-bond donors (Lipinski definition) is 0. The second-order valence-electron chi connectivity index (χ2n) is 8.80. The molecule has 1 unspecified atom stereocenters. The number of aromatic nitrogens is 5. The molecule has 0 bridgehead atoms. The third-order valence-corrected chi connectivity index (χ3v) is 6.50. The Balaban J connectivity index is 1.51. The highest BCUT2D eigenvalue weighted by Gasteiger charge is 2.18. The zero-order valence-corrected chi connectivity index (χ0v) is 19.3. The Morgan fingerprint density at radius 3 is 2.41 bits per heavy atom. The Kier molecular flexibility index (Phi) is 4.95. The lowest BCUT2D eigenvalue weighted by Crippen LogP contribution is -2.11. The highest BCUT2D eigenvalue weighted by Crippen LogP contribution is 2.31. The molecule has 0 aliphatic rings. The minimum Gasteiger partial charge on any atom is -0.320 e. The summed E-state index contributed by atoms with van der Waals surface area (Å²) < 4.78 is 4.24. The van der Waals surface area contributed by atoms with Gasteiger partial charge in [-0.2, -0.15) is 5.10 Å². The highest BCUT2D eigenvalue weighted by atomic mass is 15.2. The summed E-state index contributed by atoms with van der Waals surface area (Å²) in [7, 11) is 1.96. The van der Waals surface area contributed by atoms with Crippen LogP contribution in [0.4, 0.5) is 0 Å². The van der Waals surface area contributed by atoms with Crippen molar-refractivity contribution in [1.29, 1.82) is 0 Å². The van der Waals surface area contributed by atoms with E-state index >= 15 is 0 Å². The van der Waals surface area contributed by atoms with Gasteiger partial charge in [-0.15, -0.1) is 0 Å². The van der Waals surface area contributed by atoms with Crippen LogP contribution in [0.5, 0.6) is 0 Å². The van der Waals surface area contributed by atoms with Crippen LogP contribution in [0, 0.1) is 0 Å². The van der Waals surface area contributed by atoms with Crippen LogP contribution in [0.2, 0.25) is 0 Å². The van der Waals surface area contributed by atoms with Crippen molar-refractivity contribution in [2.75, 3.05) is 0 Å². The van der Waals surface area contributed by atoms with E-state index in [0.717, 1.165) is 45.3 Å². The van der Waals surface area contributed by atoms with E-state index in [1.807, 2.05) is 30.3 Å². The van der Waals surface area contributed by atoms with E-state index in [2.05, 4.69) is 100 Å². The van der Waals surface area contributed by atoms with E-state index < -0.39 is 0 Å². The van der Waals surface area contributed by atoms with Gasteiger partial charge in [0.25, 0.3) is 0 Å². The number of aryl methyl sites for hydroxylation is 1. The van der Waals surface area contributed by atoms with Gasteiger partial charge in [-0.05, 0) is 59.5 Å². The first-order valence-electron chi connectivity index (χ1n) is 11.5. The lowest BCUT2D eigenvalue weighted by Gasteiger charge is -2.19. The predicted molar refractivity (Wildman–Crippen MR) is 137 cm³/mol. The van der Waals surface area contributed by atoms with Crippen LogP contribution in [0.15, 0.2) is 97.5 Å². The van der Waals surface area contributed by atoms with Crippen molar-refractivity contribution in [2.45, 2.75) is 19.4 Å². The van der Waals surface area contributed by atoms with Gasteiger partial charge in [0.1, 0.15) is 5.82 Å². The van der Waals surface area contributed by atoms with Crippen molar-refractivity contribution in [3.05, 3.63) is 114 Å². The molecule has 0 radical (unpaired) electrons. The summed E-state index contributed by atoms with van der Waals surface area (Å²) in [5.41, 5.74) is 7.93. The van der Waals surface area contributed by atoms with E-state index in [1.165, 1.54) is 11.1 Å². The minimum atomic E-state index is 0.150. The van der Waals surface area contributed by atoms with Crippen molar-refractivity contribution < 1.29 is 0 Å². The molecular weight excluding hydrogens is 418 g/mol. The van der Waals surface area contributed by atoms with E-state index in [-0.39, 0.29) is 6.04 Å². The standard InChI is InChI=1S/C29H25N5/c1-20(22-6-4-3-5-7-22)34-28-18-24(23-8-9-25-19-33(2)32-27(25)17-23)10-11-26(28)31-29(34)16-21-12-14-30-15-13-21/h3-15,17-20H,16H2,1-2H3. The smallest absolute Gasteiger partial charge is 0.114 e. The second kappa shape index (κ2) is 8.27. The van der Waals surface area contributed by atoms with Gasteiger partial charge < -0.3 is 4.57 Å². The van der Waals surface area contributed by atoms with Crippen LogP contribution in [-0.4, -0.2) is 24.3 Å². The lowest BCUT2D eigenvalue weighted by molar-refractivity contribution is 0.627. The van der Waals surface area contributed by atoms with Gasteiger partial charge >= 0.3 is 0 Å². The number of pyridine rings is 1. The summed E-state index contributed by atoms with van der Waals surface area (Å²) in [5.74, 6) is 1.05. The van der Waals surface area contributed by atoms with Crippen molar-refractivity contribution in [3.63, 3.8) is 0 Å². The zero-order chi connectivity index (χ0) is 23.1. The first kappa shape index (κ1) is 20.4. The van der Waals surface area contributed by atoms with Crippen LogP contribution >= 0.6 is 0 Å². The molecule has 0 amide bonds. The fourth-order valence-corrected chi connectivity index (χ4v) is 4.76. The summed E-state index contributed by atoms with van der Waals surface area (Å²) in [4.78, 5) is 9.24. The minimum absolute atomic E-state index is 0.150. The van der Waals surface area contributed by atoms with Crippen LogP contribution in [0.3, 0.4) is 0 Å². The maximum Gasteiger partial charge on any atom is 0.114 e. The van der Waals surface area contributed by atoms with Crippen LogP contribution in [-0.2, 0) is 13.5 Å². The average Bonchev–Trinajstić information content (AvgIpc) is 3.42. The molecule has 3 aromatic carbocycles. The third-order valence-electron chi connectivity index (χ3n) is 6.50. The largest absolute Gasteiger partial charge is 0.320 e. The normalized spacial score (nSPS) is 12.4. The molecule has 6 rings (SSSR count). The maximum absolute atomic E-state index is 5.07. The molecule has 166 valence electrons. The molecule has 5 nitrogen and oxygen atoms in total. The third kappa shape index (κ3) is 3.65. The SMILES string of the molecule is CC(c1ccccc1)n1c(Cc2ccncc2)nc2ccc(-c3ccc4cn(C)nc4c3)cc21. The van der Waals surface area contributed by atoms with Crippen LogP contribution < -0.4 is 0 Å². The molecule has 34 heavy (non-hydrogen) atoms. The van der Waals surface area contributed by atoms with Crippen LogP contribution in [0.1, 0.15) is 29.9 Å². The van der Waals surface area contributed by atoms with E-state index in [9.17, 15) is 0 Å². The number of nitrogens with zero attached hydrogens (tertiary/aromatic N) is 5. The lowest BCUT2D eigenvalue weighted by atomic mass is 10.0. The summed E-state index contributed by atoms with van der Waals surface area (Å²) >= 11 is 0. The summed E-state index contributed by atoms with van der Waals surface area (Å²) in [5, 5.41) is 5.74. The maximum atomic E-state index is 5.07.